The number of nitrogens with one attached hydrogen (secondary N) is 1. The van der Waals surface area contributed by atoms with E-state index in [2.05, 4.69) is 30.2 Å². The van der Waals surface area contributed by atoms with Crippen molar-refractivity contribution in [3.05, 3.63) is 30.2 Å². The number of carbonyl (C=O) groups excluding carboxylic acids is 1. The van der Waals surface area contributed by atoms with Crippen LogP contribution >= 0.6 is 0 Å². The van der Waals surface area contributed by atoms with Gasteiger partial charge in [-0.2, -0.15) is 0 Å². The first-order chi connectivity index (χ1) is 11.1. The van der Waals surface area contributed by atoms with Crippen LogP contribution in [-0.2, 0) is 4.79 Å². The van der Waals surface area contributed by atoms with Gasteiger partial charge in [0.15, 0.2) is 0 Å². The van der Waals surface area contributed by atoms with Crippen molar-refractivity contribution < 1.29 is 9.32 Å². The Kier molecular flexibility index (Phi) is 4.52. The van der Waals surface area contributed by atoms with Crippen LogP contribution in [0.1, 0.15) is 12.6 Å². The third kappa shape index (κ3) is 3.65. The van der Waals surface area contributed by atoms with Crippen LogP contribution in [0.3, 0.4) is 0 Å². The zero-order chi connectivity index (χ0) is 16.2. The fraction of sp³-hybridized carbons (Fsp3) is 0.467. The Hall–Kier alpha value is -2.48. The minimum absolute atomic E-state index is 0.0921. The van der Waals surface area contributed by atoms with E-state index in [1.54, 1.807) is 24.5 Å². The van der Waals surface area contributed by atoms with Crippen LogP contribution in [0.5, 0.6) is 0 Å². The number of aromatic nitrogens is 3. The van der Waals surface area contributed by atoms with E-state index in [-0.39, 0.29) is 11.9 Å². The maximum Gasteiger partial charge on any atom is 0.243 e. The average molecular weight is 316 g/mol. The molecule has 1 amide bonds. The van der Waals surface area contributed by atoms with E-state index in [4.69, 9.17) is 4.52 Å². The molecule has 3 heterocycles. The van der Waals surface area contributed by atoms with Gasteiger partial charge in [0.25, 0.3) is 0 Å². The first-order valence-electron chi connectivity index (χ1n) is 7.63. The van der Waals surface area contributed by atoms with Gasteiger partial charge in [-0.25, -0.2) is 9.97 Å². The number of anilines is 2. The summed E-state index contributed by atoms with van der Waals surface area (Å²) in [5.41, 5.74) is 0.740. The summed E-state index contributed by atoms with van der Waals surface area (Å²) in [6.07, 6.45) is 3.48. The van der Waals surface area contributed by atoms with Crippen molar-refractivity contribution in [3.63, 3.8) is 0 Å². The fourth-order valence-corrected chi connectivity index (χ4v) is 2.58. The van der Waals surface area contributed by atoms with Gasteiger partial charge in [-0.15, -0.1) is 0 Å². The molecule has 0 aliphatic carbocycles. The van der Waals surface area contributed by atoms with Gasteiger partial charge in [0.1, 0.15) is 0 Å². The molecule has 0 aromatic carbocycles. The highest BCUT2D eigenvalue weighted by Crippen LogP contribution is 2.14. The van der Waals surface area contributed by atoms with Gasteiger partial charge >= 0.3 is 0 Å². The third-order valence-corrected chi connectivity index (χ3v) is 3.95. The van der Waals surface area contributed by atoms with Crippen molar-refractivity contribution in [2.45, 2.75) is 19.9 Å². The predicted molar refractivity (Wildman–Crippen MR) is 85.1 cm³/mol. The Morgan fingerprint density at radius 3 is 2.57 bits per heavy atom. The van der Waals surface area contributed by atoms with Gasteiger partial charge in [-0.05, 0) is 19.9 Å². The van der Waals surface area contributed by atoms with Crippen molar-refractivity contribution in [2.75, 3.05) is 36.4 Å². The van der Waals surface area contributed by atoms with E-state index in [0.29, 0.717) is 5.88 Å². The molecule has 1 saturated heterocycles. The molecular formula is C15H20N6O2. The lowest BCUT2D eigenvalue weighted by atomic mass is 10.2. The second-order valence-electron chi connectivity index (χ2n) is 5.57. The zero-order valence-electron chi connectivity index (χ0n) is 13.3. The Morgan fingerprint density at radius 1 is 1.26 bits per heavy atom. The van der Waals surface area contributed by atoms with Crippen LogP contribution in [-0.4, -0.2) is 58.2 Å². The van der Waals surface area contributed by atoms with E-state index in [9.17, 15) is 4.79 Å². The van der Waals surface area contributed by atoms with Crippen LogP contribution < -0.4 is 10.2 Å². The minimum atomic E-state index is -0.237. The molecule has 0 spiro atoms. The van der Waals surface area contributed by atoms with Gasteiger partial charge in [0, 0.05) is 44.6 Å². The number of piperazine rings is 1. The largest absolute Gasteiger partial charge is 0.338 e. The van der Waals surface area contributed by atoms with Crippen LogP contribution in [0, 0.1) is 6.92 Å². The summed E-state index contributed by atoms with van der Waals surface area (Å²) >= 11 is 0. The molecule has 1 atom stereocenters. The van der Waals surface area contributed by atoms with Crippen LogP contribution in [0.25, 0.3) is 0 Å². The molecule has 8 heteroatoms. The molecule has 1 aliphatic rings. The SMILES string of the molecule is Cc1cc(NC(=O)[C@H](C)N2CCN(c3ncccn3)CC2)on1. The molecule has 1 aliphatic heterocycles. The third-order valence-electron chi connectivity index (χ3n) is 3.95. The quantitative estimate of drug-likeness (QED) is 0.897. The summed E-state index contributed by atoms with van der Waals surface area (Å²) in [6, 6.07) is 3.27. The summed E-state index contributed by atoms with van der Waals surface area (Å²) in [5, 5.41) is 6.52. The molecule has 2 aromatic rings. The molecule has 1 N–H and O–H groups in total. The number of rotatable bonds is 4. The Labute approximate surface area is 134 Å². The highest BCUT2D eigenvalue weighted by atomic mass is 16.5. The topological polar surface area (TPSA) is 87.4 Å². The van der Waals surface area contributed by atoms with E-state index in [0.717, 1.165) is 37.8 Å². The first-order valence-corrected chi connectivity index (χ1v) is 7.63. The van der Waals surface area contributed by atoms with Gasteiger partial charge in [0.05, 0.1) is 11.7 Å². The number of nitrogens with zero attached hydrogens (tertiary/aromatic N) is 5. The average Bonchev–Trinajstić information content (AvgIpc) is 3.00. The minimum Gasteiger partial charge on any atom is -0.338 e. The molecule has 0 unspecified atom stereocenters. The van der Waals surface area contributed by atoms with Crippen molar-refractivity contribution in [3.8, 4) is 0 Å². The number of hydrogen-bond donors (Lipinski definition) is 1. The molecule has 122 valence electrons. The Balaban J connectivity index is 1.53. The highest BCUT2D eigenvalue weighted by Gasteiger charge is 2.26. The Bertz CT molecular complexity index is 651. The summed E-state index contributed by atoms with van der Waals surface area (Å²) < 4.78 is 5.02. The highest BCUT2D eigenvalue weighted by molar-refractivity contribution is 5.93. The van der Waals surface area contributed by atoms with Gasteiger partial charge in [0.2, 0.25) is 17.7 Å². The first kappa shape index (κ1) is 15.4. The molecule has 1 fully saturated rings. The number of hydrogen-bond acceptors (Lipinski definition) is 7. The lowest BCUT2D eigenvalue weighted by Gasteiger charge is -2.37. The van der Waals surface area contributed by atoms with Crippen molar-refractivity contribution in [1.29, 1.82) is 0 Å². The predicted octanol–water partition coefficient (Wildman–Crippen LogP) is 0.922. The molecule has 23 heavy (non-hydrogen) atoms. The Morgan fingerprint density at radius 2 is 1.96 bits per heavy atom. The molecule has 0 radical (unpaired) electrons. The smallest absolute Gasteiger partial charge is 0.243 e. The van der Waals surface area contributed by atoms with E-state index in [1.807, 2.05) is 13.8 Å². The van der Waals surface area contributed by atoms with Gasteiger partial charge < -0.3 is 9.42 Å². The zero-order valence-corrected chi connectivity index (χ0v) is 13.3. The lowest BCUT2D eigenvalue weighted by molar-refractivity contribution is -0.121. The maximum absolute atomic E-state index is 12.3. The van der Waals surface area contributed by atoms with Crippen molar-refractivity contribution in [1.82, 2.24) is 20.0 Å². The normalized spacial score (nSPS) is 17.0. The van der Waals surface area contributed by atoms with E-state index in [1.165, 1.54) is 0 Å². The van der Waals surface area contributed by atoms with Crippen LogP contribution in [0.2, 0.25) is 0 Å². The molecule has 0 saturated carbocycles. The molecule has 3 rings (SSSR count). The summed E-state index contributed by atoms with van der Waals surface area (Å²) in [6.45, 7) is 6.86. The van der Waals surface area contributed by atoms with Crippen LogP contribution in [0.15, 0.2) is 29.0 Å². The van der Waals surface area contributed by atoms with E-state index >= 15 is 0 Å². The number of aryl methyl sites for hydroxylation is 1. The lowest BCUT2D eigenvalue weighted by Crippen LogP contribution is -2.53. The molecular weight excluding hydrogens is 296 g/mol. The molecule has 2 aromatic heterocycles. The summed E-state index contributed by atoms with van der Waals surface area (Å²) in [5.74, 6) is 1.03. The summed E-state index contributed by atoms with van der Waals surface area (Å²) in [7, 11) is 0. The van der Waals surface area contributed by atoms with Crippen LogP contribution in [0.4, 0.5) is 11.8 Å². The second-order valence-corrected chi connectivity index (χ2v) is 5.57. The second kappa shape index (κ2) is 6.74. The maximum atomic E-state index is 12.3. The van der Waals surface area contributed by atoms with Crippen molar-refractivity contribution >= 4 is 17.7 Å². The summed E-state index contributed by atoms with van der Waals surface area (Å²) in [4.78, 5) is 25.1. The van der Waals surface area contributed by atoms with Crippen molar-refractivity contribution in [2.24, 2.45) is 0 Å². The van der Waals surface area contributed by atoms with Gasteiger partial charge in [-0.1, -0.05) is 5.16 Å². The monoisotopic (exact) mass is 316 g/mol. The standard InChI is InChI=1S/C15H20N6O2/c1-11-10-13(23-19-11)18-14(22)12(2)20-6-8-21(9-7-20)15-16-4-3-5-17-15/h3-5,10,12H,6-9H2,1-2H3,(H,18,22)/t12-/m0/s1. The van der Waals surface area contributed by atoms with Gasteiger partial charge in [-0.3, -0.25) is 15.0 Å². The number of amides is 1. The molecule has 8 nitrogen and oxygen atoms in total. The number of carbonyl (C=O) groups is 1. The molecule has 0 bridgehead atoms. The fourth-order valence-electron chi connectivity index (χ4n) is 2.58. The van der Waals surface area contributed by atoms with E-state index < -0.39 is 0 Å².